The van der Waals surface area contributed by atoms with Crippen LogP contribution in [0.1, 0.15) is 32.6 Å². The predicted molar refractivity (Wildman–Crippen MR) is 120 cm³/mol. The van der Waals surface area contributed by atoms with Gasteiger partial charge in [-0.05, 0) is 31.5 Å². The van der Waals surface area contributed by atoms with Crippen LogP contribution in [0.2, 0.25) is 0 Å². The molecule has 1 aromatic heterocycles. The van der Waals surface area contributed by atoms with Gasteiger partial charge in [0.1, 0.15) is 0 Å². The molecule has 1 aliphatic heterocycles. The number of halogens is 2. The van der Waals surface area contributed by atoms with Crippen molar-refractivity contribution in [1.29, 1.82) is 0 Å². The zero-order valence-corrected chi connectivity index (χ0v) is 18.5. The molecule has 0 aliphatic carbocycles. The van der Waals surface area contributed by atoms with E-state index in [2.05, 4.69) is 46.0 Å². The first-order valence-electron chi connectivity index (χ1n) is 8.31. The van der Waals surface area contributed by atoms with Crippen LogP contribution in [0.4, 0.5) is 5.95 Å². The fourth-order valence-electron chi connectivity index (χ4n) is 3.09. The van der Waals surface area contributed by atoms with Crippen LogP contribution in [0.5, 0.6) is 0 Å². The molecule has 4 nitrogen and oxygen atoms in total. The van der Waals surface area contributed by atoms with Crippen molar-refractivity contribution in [1.82, 2.24) is 14.9 Å². The molecule has 0 amide bonds. The van der Waals surface area contributed by atoms with E-state index in [1.54, 1.807) is 0 Å². The van der Waals surface area contributed by atoms with Crippen molar-refractivity contribution in [3.63, 3.8) is 0 Å². The van der Waals surface area contributed by atoms with E-state index >= 15 is 0 Å². The van der Waals surface area contributed by atoms with Gasteiger partial charge in [0.2, 0.25) is 5.95 Å². The molecule has 1 aromatic carbocycles. The number of benzene rings is 1. The number of hydrogen-bond acceptors (Lipinski definition) is 3. The molecule has 23 heavy (non-hydrogen) atoms. The summed E-state index contributed by atoms with van der Waals surface area (Å²) in [6.45, 7) is 7.66. The number of unbranched alkanes of at least 4 members (excludes halogenated alkanes) is 2. The summed E-state index contributed by atoms with van der Waals surface area (Å²) in [4.78, 5) is 7.37. The number of fused-ring (bicyclic) bond motifs is 1. The van der Waals surface area contributed by atoms with E-state index in [4.69, 9.17) is 4.98 Å². The maximum atomic E-state index is 4.92. The number of nitrogens with one attached hydrogen (secondary N) is 1. The number of nitrogens with zero attached hydrogens (tertiary/aromatic N) is 3. The zero-order chi connectivity index (χ0) is 14.5. The third kappa shape index (κ3) is 5.19. The molecule has 2 heterocycles. The minimum Gasteiger partial charge on any atom is -0.341 e. The van der Waals surface area contributed by atoms with Crippen molar-refractivity contribution >= 4 is 64.9 Å². The number of hydrogen-bond donors (Lipinski definition) is 1. The van der Waals surface area contributed by atoms with Crippen LogP contribution in [-0.2, 0) is 6.54 Å². The smallest absolute Gasteiger partial charge is 0.206 e. The normalized spacial score (nSPS) is 14.9. The van der Waals surface area contributed by atoms with E-state index < -0.39 is 0 Å². The Hall–Kier alpha value is -0.0900. The summed E-state index contributed by atoms with van der Waals surface area (Å²) in [5.41, 5.74) is 2.40. The van der Waals surface area contributed by atoms with E-state index in [-0.39, 0.29) is 48.0 Å². The van der Waals surface area contributed by atoms with Gasteiger partial charge in [-0.25, -0.2) is 4.98 Å². The number of rotatable bonds is 5. The second-order valence-corrected chi connectivity index (χ2v) is 5.85. The second-order valence-electron chi connectivity index (χ2n) is 5.85. The lowest BCUT2D eigenvalue weighted by molar-refractivity contribution is 0.602. The van der Waals surface area contributed by atoms with E-state index in [1.165, 1.54) is 31.2 Å². The van der Waals surface area contributed by atoms with Gasteiger partial charge in [0.15, 0.2) is 0 Å². The van der Waals surface area contributed by atoms with Crippen molar-refractivity contribution < 1.29 is 0 Å². The number of para-hydroxylation sites is 2. The van der Waals surface area contributed by atoms with Gasteiger partial charge >= 0.3 is 0 Å². The van der Waals surface area contributed by atoms with Crippen LogP contribution in [0.25, 0.3) is 11.0 Å². The van der Waals surface area contributed by atoms with E-state index in [1.807, 2.05) is 0 Å². The number of aryl methyl sites for hydroxylation is 1. The van der Waals surface area contributed by atoms with Crippen LogP contribution in [0, 0.1) is 0 Å². The average molecular weight is 542 g/mol. The quantitative estimate of drug-likeness (QED) is 0.453. The Labute approximate surface area is 173 Å². The SMILES string of the molecule is CCCCCn1c(N2CCCNCC2)nc2ccccc21.I.I. The van der Waals surface area contributed by atoms with Crippen molar-refractivity contribution in [2.45, 2.75) is 39.2 Å². The van der Waals surface area contributed by atoms with E-state index in [9.17, 15) is 0 Å². The standard InChI is InChI=1S/C17H26N4.2HI/c1-2-3-6-13-21-16-9-5-4-8-15(16)19-17(21)20-12-7-10-18-11-14-20;;/h4-5,8-9,18H,2-3,6-7,10-14H2,1H3;2*1H. The highest BCUT2D eigenvalue weighted by atomic mass is 127. The Bertz CT molecular complexity index is 577. The molecule has 0 atom stereocenters. The summed E-state index contributed by atoms with van der Waals surface area (Å²) < 4.78 is 2.43. The summed E-state index contributed by atoms with van der Waals surface area (Å²) in [5.74, 6) is 1.16. The lowest BCUT2D eigenvalue weighted by atomic mass is 10.2. The highest BCUT2D eigenvalue weighted by Crippen LogP contribution is 2.24. The molecule has 1 fully saturated rings. The molecule has 3 rings (SSSR count). The third-order valence-corrected chi connectivity index (χ3v) is 4.24. The van der Waals surface area contributed by atoms with E-state index in [0.717, 1.165) is 44.2 Å². The van der Waals surface area contributed by atoms with Crippen LogP contribution < -0.4 is 10.2 Å². The molecule has 0 saturated carbocycles. The van der Waals surface area contributed by atoms with Gasteiger partial charge in [-0.1, -0.05) is 31.9 Å². The maximum absolute atomic E-state index is 4.92. The van der Waals surface area contributed by atoms with Gasteiger partial charge in [0.25, 0.3) is 0 Å². The maximum Gasteiger partial charge on any atom is 0.206 e. The van der Waals surface area contributed by atoms with Gasteiger partial charge in [-0.15, -0.1) is 48.0 Å². The summed E-state index contributed by atoms with van der Waals surface area (Å²) >= 11 is 0. The first kappa shape index (κ1) is 21.0. The predicted octanol–water partition coefficient (Wildman–Crippen LogP) is 4.26. The molecule has 0 unspecified atom stereocenters. The number of anilines is 1. The Morgan fingerprint density at radius 1 is 1.09 bits per heavy atom. The highest BCUT2D eigenvalue weighted by Gasteiger charge is 2.17. The highest BCUT2D eigenvalue weighted by molar-refractivity contribution is 14.0. The third-order valence-electron chi connectivity index (χ3n) is 4.24. The zero-order valence-electron chi connectivity index (χ0n) is 13.8. The molecule has 1 saturated heterocycles. The topological polar surface area (TPSA) is 33.1 Å². The number of aromatic nitrogens is 2. The van der Waals surface area contributed by atoms with Gasteiger partial charge in [-0.3, -0.25) is 0 Å². The minimum absolute atomic E-state index is 0. The van der Waals surface area contributed by atoms with Crippen molar-refractivity contribution in [3.05, 3.63) is 24.3 Å². The molecular formula is C17H28I2N4. The summed E-state index contributed by atoms with van der Waals surface area (Å²) in [7, 11) is 0. The molecule has 6 heteroatoms. The monoisotopic (exact) mass is 542 g/mol. The molecule has 130 valence electrons. The molecule has 1 N–H and O–H groups in total. The first-order valence-corrected chi connectivity index (χ1v) is 8.31. The molecule has 2 aromatic rings. The van der Waals surface area contributed by atoms with Gasteiger partial charge in [0.05, 0.1) is 11.0 Å². The minimum atomic E-state index is 0. The molecule has 0 radical (unpaired) electrons. The summed E-state index contributed by atoms with van der Waals surface area (Å²) in [5, 5.41) is 3.47. The molecule has 1 aliphatic rings. The molecular weight excluding hydrogens is 514 g/mol. The second kappa shape index (κ2) is 10.7. The summed E-state index contributed by atoms with van der Waals surface area (Å²) in [6, 6.07) is 8.53. The molecule has 0 spiro atoms. The Kier molecular flexibility index (Phi) is 9.76. The summed E-state index contributed by atoms with van der Waals surface area (Å²) in [6.07, 6.45) is 4.97. The fraction of sp³-hybridized carbons (Fsp3) is 0.588. The van der Waals surface area contributed by atoms with Crippen LogP contribution in [0.15, 0.2) is 24.3 Å². The van der Waals surface area contributed by atoms with Crippen molar-refractivity contribution in [3.8, 4) is 0 Å². The Balaban J connectivity index is 0.00000132. The molecule has 0 bridgehead atoms. The lowest BCUT2D eigenvalue weighted by Crippen LogP contribution is -2.30. The van der Waals surface area contributed by atoms with Crippen LogP contribution in [-0.4, -0.2) is 35.7 Å². The van der Waals surface area contributed by atoms with Gasteiger partial charge in [-0.2, -0.15) is 0 Å². The Morgan fingerprint density at radius 3 is 2.74 bits per heavy atom. The first-order chi connectivity index (χ1) is 10.4. The van der Waals surface area contributed by atoms with Gasteiger partial charge in [0, 0.05) is 26.2 Å². The van der Waals surface area contributed by atoms with Crippen molar-refractivity contribution in [2.24, 2.45) is 0 Å². The van der Waals surface area contributed by atoms with Crippen LogP contribution >= 0.6 is 48.0 Å². The fourth-order valence-corrected chi connectivity index (χ4v) is 3.09. The largest absolute Gasteiger partial charge is 0.341 e. The Morgan fingerprint density at radius 2 is 1.91 bits per heavy atom. The van der Waals surface area contributed by atoms with Crippen LogP contribution in [0.3, 0.4) is 0 Å². The van der Waals surface area contributed by atoms with E-state index in [0.29, 0.717) is 0 Å². The average Bonchev–Trinajstić information content (AvgIpc) is 2.70. The van der Waals surface area contributed by atoms with Gasteiger partial charge < -0.3 is 14.8 Å². The lowest BCUT2D eigenvalue weighted by Gasteiger charge is -2.22. The number of imidazole rings is 1. The van der Waals surface area contributed by atoms with Crippen molar-refractivity contribution in [2.75, 3.05) is 31.1 Å².